The number of nitrogens with one attached hydrogen (secondary N) is 1. The fourth-order valence-electron chi connectivity index (χ4n) is 5.08. The fraction of sp³-hybridized carbons (Fsp3) is 0.519. The maximum absolute atomic E-state index is 13.4. The van der Waals surface area contributed by atoms with E-state index in [4.69, 9.17) is 4.74 Å². The first kappa shape index (κ1) is 34.3. The quantitative estimate of drug-likeness (QED) is 0.360. The highest BCUT2D eigenvalue weighted by Crippen LogP contribution is 2.39. The van der Waals surface area contributed by atoms with Crippen molar-refractivity contribution in [2.24, 2.45) is 18.4 Å². The summed E-state index contributed by atoms with van der Waals surface area (Å²) in [6.07, 6.45) is 0.581. The second-order valence-corrected chi connectivity index (χ2v) is 13.4. The summed E-state index contributed by atoms with van der Waals surface area (Å²) in [6.45, 7) is 7.08. The summed E-state index contributed by atoms with van der Waals surface area (Å²) in [6, 6.07) is 4.25. The Morgan fingerprint density at radius 3 is 2.44 bits per heavy atom. The molecule has 16 heteroatoms. The van der Waals surface area contributed by atoms with Crippen molar-refractivity contribution in [1.29, 1.82) is 0 Å². The number of pyridine rings is 1. The number of sulfonamides is 1. The van der Waals surface area contributed by atoms with Gasteiger partial charge in [-0.25, -0.2) is 22.8 Å². The Bertz CT molecular complexity index is 1590. The van der Waals surface area contributed by atoms with Gasteiger partial charge in [-0.1, -0.05) is 6.92 Å². The lowest BCUT2D eigenvalue weighted by Gasteiger charge is -2.34. The molecule has 3 aromatic rings. The zero-order valence-corrected chi connectivity index (χ0v) is 26.5. The van der Waals surface area contributed by atoms with Gasteiger partial charge in [0, 0.05) is 43.8 Å². The van der Waals surface area contributed by atoms with E-state index in [0.717, 1.165) is 13.3 Å². The Labute approximate surface area is 255 Å². The number of aliphatic hydroxyl groups is 1. The lowest BCUT2D eigenvalue weighted by atomic mass is 9.92. The summed E-state index contributed by atoms with van der Waals surface area (Å²) in [5.41, 5.74) is -2.38. The molecule has 4 rings (SSSR count). The number of rotatable bonds is 9. The van der Waals surface area contributed by atoms with Crippen molar-refractivity contribution in [3.63, 3.8) is 0 Å². The van der Waals surface area contributed by atoms with Crippen LogP contribution in [0.2, 0.25) is 0 Å². The number of amides is 1. The molecule has 1 aliphatic heterocycles. The van der Waals surface area contributed by atoms with E-state index in [9.17, 15) is 31.5 Å². The molecule has 1 amide bonds. The van der Waals surface area contributed by atoms with Crippen LogP contribution < -0.4 is 14.4 Å². The van der Waals surface area contributed by atoms with Crippen LogP contribution in [-0.4, -0.2) is 70.2 Å². The molecule has 0 saturated carbocycles. The molecule has 0 spiro atoms. The number of nitrogens with zero attached hydrogens (tertiary/aromatic N) is 5. The van der Waals surface area contributed by atoms with Gasteiger partial charge in [0.25, 0.3) is 15.9 Å². The monoisotopic (exact) mass is 646 g/mol. The first-order valence-electron chi connectivity index (χ1n) is 13.2. The average Bonchev–Trinajstić information content (AvgIpc) is 3.57. The van der Waals surface area contributed by atoms with Crippen LogP contribution in [0.25, 0.3) is 5.82 Å². The summed E-state index contributed by atoms with van der Waals surface area (Å²) >= 11 is 0. The lowest BCUT2D eigenvalue weighted by molar-refractivity contribution is -0.237. The van der Waals surface area contributed by atoms with Crippen LogP contribution in [0.1, 0.15) is 50.0 Å². The van der Waals surface area contributed by atoms with Crippen LogP contribution in [0.3, 0.4) is 0 Å². The molecule has 4 heterocycles. The van der Waals surface area contributed by atoms with Crippen molar-refractivity contribution in [3.05, 3.63) is 47.9 Å². The van der Waals surface area contributed by atoms with Crippen molar-refractivity contribution >= 4 is 35.2 Å². The van der Waals surface area contributed by atoms with Gasteiger partial charge in [0.2, 0.25) is 5.88 Å². The number of anilines is 1. The second kappa shape index (κ2) is 12.0. The Kier molecular flexibility index (Phi) is 9.59. The van der Waals surface area contributed by atoms with E-state index in [1.807, 2.05) is 18.7 Å². The standard InChI is InChI=1S/C27H35F3N6O5S.H2S/c1-17-11-25(3,4)35(12-17)23-19(24(38)33-42(39,40)20-14-34(6)13-18(20)2)7-8-21(31-23)36-10-9-22(32-36)41-16-26(5,15-37)27(28,29)30;/h7-10,13-14,17,37H,11-12,15-16H2,1-6H3,(H,33,38);1H2/t17-,26?;/m0./s1. The van der Waals surface area contributed by atoms with Crippen molar-refractivity contribution in [2.45, 2.75) is 57.7 Å². The van der Waals surface area contributed by atoms with Crippen LogP contribution in [0, 0.1) is 18.3 Å². The van der Waals surface area contributed by atoms with E-state index in [-0.39, 0.29) is 47.4 Å². The summed E-state index contributed by atoms with van der Waals surface area (Å²) in [5, 5.41) is 13.5. The van der Waals surface area contributed by atoms with Gasteiger partial charge in [-0.05, 0) is 57.7 Å². The third kappa shape index (κ3) is 6.96. The molecule has 3 aromatic heterocycles. The lowest BCUT2D eigenvalue weighted by Crippen LogP contribution is -2.43. The largest absolute Gasteiger partial charge is 0.476 e. The van der Waals surface area contributed by atoms with Crippen LogP contribution in [0.15, 0.2) is 41.7 Å². The molecular weight excluding hydrogens is 609 g/mol. The van der Waals surface area contributed by atoms with Gasteiger partial charge in [-0.3, -0.25) is 4.79 Å². The maximum Gasteiger partial charge on any atom is 0.399 e. The molecule has 1 fully saturated rings. The van der Waals surface area contributed by atoms with E-state index in [1.165, 1.54) is 35.3 Å². The van der Waals surface area contributed by atoms with Crippen molar-refractivity contribution in [1.82, 2.24) is 24.1 Å². The van der Waals surface area contributed by atoms with Crippen molar-refractivity contribution in [2.75, 3.05) is 24.7 Å². The van der Waals surface area contributed by atoms with Crippen LogP contribution >= 0.6 is 13.5 Å². The molecule has 0 radical (unpaired) electrons. The van der Waals surface area contributed by atoms with Crippen LogP contribution in [0.5, 0.6) is 5.88 Å². The van der Waals surface area contributed by atoms with E-state index < -0.39 is 46.3 Å². The first-order chi connectivity index (χ1) is 19.4. The van der Waals surface area contributed by atoms with Crippen LogP contribution in [0.4, 0.5) is 19.0 Å². The SMILES string of the molecule is Cc1cn(C)cc1S(=O)(=O)NC(=O)c1ccc(-n2ccc(OCC(C)(CO)C(F)(F)F)n2)nc1N1C[C@@H](C)CC1(C)C.S. The number of aromatic nitrogens is 4. The van der Waals surface area contributed by atoms with Crippen LogP contribution in [-0.2, 0) is 17.1 Å². The zero-order valence-electron chi connectivity index (χ0n) is 24.7. The van der Waals surface area contributed by atoms with Crippen molar-refractivity contribution < 1.29 is 36.2 Å². The molecule has 1 unspecified atom stereocenters. The zero-order chi connectivity index (χ0) is 31.3. The van der Waals surface area contributed by atoms with Gasteiger partial charge in [0.05, 0.1) is 12.2 Å². The third-order valence-corrected chi connectivity index (χ3v) is 8.89. The fourth-order valence-corrected chi connectivity index (χ4v) is 6.32. The molecule has 0 aromatic carbocycles. The molecule has 1 saturated heterocycles. The molecule has 238 valence electrons. The number of aliphatic hydroxyl groups excluding tert-OH is 1. The normalized spacial score (nSPS) is 18.2. The second-order valence-electron chi connectivity index (χ2n) is 11.8. The molecule has 43 heavy (non-hydrogen) atoms. The van der Waals surface area contributed by atoms with Crippen molar-refractivity contribution in [3.8, 4) is 11.7 Å². The Balaban J connectivity index is 0.00000506. The van der Waals surface area contributed by atoms with E-state index >= 15 is 0 Å². The smallest absolute Gasteiger partial charge is 0.399 e. The maximum atomic E-state index is 13.4. The number of aryl methyl sites for hydroxylation is 2. The molecule has 11 nitrogen and oxygen atoms in total. The molecule has 1 aliphatic rings. The molecular formula is C27H37F3N6O5S2. The highest BCUT2D eigenvalue weighted by Gasteiger charge is 2.51. The van der Waals surface area contributed by atoms with E-state index in [2.05, 4.69) is 21.7 Å². The minimum absolute atomic E-state index is 0. The highest BCUT2D eigenvalue weighted by molar-refractivity contribution is 7.90. The third-order valence-electron chi connectivity index (χ3n) is 7.43. The predicted octanol–water partition coefficient (Wildman–Crippen LogP) is 3.71. The van der Waals surface area contributed by atoms with E-state index in [0.29, 0.717) is 12.1 Å². The number of carbonyl (C=O) groups excluding carboxylic acids is 1. The number of hydrogen-bond acceptors (Lipinski definition) is 8. The summed E-state index contributed by atoms with van der Waals surface area (Å²) in [4.78, 5) is 20.0. The molecule has 2 atom stereocenters. The Morgan fingerprint density at radius 1 is 1.23 bits per heavy atom. The average molecular weight is 647 g/mol. The van der Waals surface area contributed by atoms with E-state index in [1.54, 1.807) is 24.7 Å². The number of carbonyl (C=O) groups is 1. The number of halogens is 3. The Hall–Kier alpha value is -3.24. The minimum Gasteiger partial charge on any atom is -0.476 e. The topological polar surface area (TPSA) is 132 Å². The number of ether oxygens (including phenoxy) is 1. The minimum atomic E-state index is -4.69. The molecule has 0 aliphatic carbocycles. The van der Waals surface area contributed by atoms with Gasteiger partial charge in [0.15, 0.2) is 5.82 Å². The number of hydrogen-bond donors (Lipinski definition) is 2. The van der Waals surface area contributed by atoms with Gasteiger partial charge in [0.1, 0.15) is 22.7 Å². The van der Waals surface area contributed by atoms with Gasteiger partial charge >= 0.3 is 6.18 Å². The summed E-state index contributed by atoms with van der Waals surface area (Å²) < 4.78 is 76.4. The van der Waals surface area contributed by atoms with Gasteiger partial charge in [-0.2, -0.15) is 26.7 Å². The van der Waals surface area contributed by atoms with Gasteiger partial charge in [-0.15, -0.1) is 5.10 Å². The number of alkyl halides is 3. The highest BCUT2D eigenvalue weighted by atomic mass is 32.2. The first-order valence-corrected chi connectivity index (χ1v) is 14.7. The summed E-state index contributed by atoms with van der Waals surface area (Å²) in [7, 11) is -2.51. The predicted molar refractivity (Wildman–Crippen MR) is 158 cm³/mol. The Morgan fingerprint density at radius 2 is 1.91 bits per heavy atom. The van der Waals surface area contributed by atoms with Gasteiger partial charge < -0.3 is 19.3 Å². The molecule has 2 N–H and O–H groups in total. The summed E-state index contributed by atoms with van der Waals surface area (Å²) in [5.74, 6) is -0.251. The molecule has 0 bridgehead atoms.